The molecule has 3 aromatic rings. The van der Waals surface area contributed by atoms with Gasteiger partial charge in [0.2, 0.25) is 0 Å². The van der Waals surface area contributed by atoms with Crippen molar-refractivity contribution in [1.29, 1.82) is 0 Å². The topological polar surface area (TPSA) is 61.3 Å². The van der Waals surface area contributed by atoms with E-state index in [0.717, 1.165) is 32.0 Å². The third-order valence-electron chi connectivity index (χ3n) is 5.17. The van der Waals surface area contributed by atoms with Crippen LogP contribution in [-0.4, -0.2) is 46.4 Å². The van der Waals surface area contributed by atoms with Crippen molar-refractivity contribution in [3.63, 3.8) is 0 Å². The number of hydrogen-bond acceptors (Lipinski definition) is 5. The molecule has 2 heterocycles. The molecule has 0 spiro atoms. The molecule has 152 valence electrons. The molecular weight excluding hydrogens is 381 g/mol. The SMILES string of the molecule is [2H]c1ccc2c(-c3ccc(C(F)(F)F)cc3O)nnc(NC3CCCN(C)C3)c2c1. The number of benzene rings is 2. The Kier molecular flexibility index (Phi) is 4.71. The number of anilines is 1. The molecule has 0 aliphatic carbocycles. The van der Waals surface area contributed by atoms with Gasteiger partial charge in [-0.3, -0.25) is 0 Å². The highest BCUT2D eigenvalue weighted by Gasteiger charge is 2.31. The molecule has 4 rings (SSSR count). The van der Waals surface area contributed by atoms with Crippen molar-refractivity contribution in [1.82, 2.24) is 15.1 Å². The van der Waals surface area contributed by atoms with E-state index in [1.54, 1.807) is 18.2 Å². The lowest BCUT2D eigenvalue weighted by Gasteiger charge is -2.30. The van der Waals surface area contributed by atoms with Crippen LogP contribution in [0.3, 0.4) is 0 Å². The molecule has 1 saturated heterocycles. The molecule has 0 amide bonds. The second-order valence-corrected chi connectivity index (χ2v) is 7.34. The van der Waals surface area contributed by atoms with E-state index in [4.69, 9.17) is 1.37 Å². The first-order valence-electron chi connectivity index (χ1n) is 9.85. The van der Waals surface area contributed by atoms with Crippen molar-refractivity contribution in [3.05, 3.63) is 48.0 Å². The quantitative estimate of drug-likeness (QED) is 0.673. The van der Waals surface area contributed by atoms with Crippen LogP contribution < -0.4 is 5.32 Å². The minimum Gasteiger partial charge on any atom is -0.507 e. The van der Waals surface area contributed by atoms with Gasteiger partial charge >= 0.3 is 6.18 Å². The molecule has 0 radical (unpaired) electrons. The summed E-state index contributed by atoms with van der Waals surface area (Å²) in [7, 11) is 2.05. The lowest BCUT2D eigenvalue weighted by molar-refractivity contribution is -0.137. The van der Waals surface area contributed by atoms with E-state index in [2.05, 4.69) is 27.5 Å². The zero-order chi connectivity index (χ0) is 21.5. The summed E-state index contributed by atoms with van der Waals surface area (Å²) in [6, 6.07) is 8.15. The number of nitrogens with one attached hydrogen (secondary N) is 1. The fourth-order valence-corrected chi connectivity index (χ4v) is 3.73. The van der Waals surface area contributed by atoms with Gasteiger partial charge in [0.1, 0.15) is 11.4 Å². The summed E-state index contributed by atoms with van der Waals surface area (Å²) in [5, 5.41) is 23.4. The zero-order valence-electron chi connectivity index (χ0n) is 16.8. The molecule has 29 heavy (non-hydrogen) atoms. The van der Waals surface area contributed by atoms with Crippen LogP contribution in [0.2, 0.25) is 0 Å². The lowest BCUT2D eigenvalue weighted by Crippen LogP contribution is -2.40. The molecule has 1 aliphatic heterocycles. The standard InChI is InChI=1S/C21H21F3N4O/c1-28-10-4-5-14(12-28)25-20-16-7-3-2-6-15(16)19(26-27-20)17-9-8-13(11-18(17)29)21(22,23)24/h2-3,6-9,11,14,29H,4-5,10,12H2,1H3,(H,25,27)/i3D. The number of alkyl halides is 3. The molecule has 1 aromatic heterocycles. The average Bonchev–Trinajstić information content (AvgIpc) is 2.68. The van der Waals surface area contributed by atoms with E-state index in [-0.39, 0.29) is 23.3 Å². The predicted octanol–water partition coefficient (Wildman–Crippen LogP) is 4.53. The molecule has 1 fully saturated rings. The normalized spacial score (nSPS) is 18.6. The van der Waals surface area contributed by atoms with Crippen molar-refractivity contribution in [2.24, 2.45) is 0 Å². The van der Waals surface area contributed by atoms with Crippen molar-refractivity contribution in [2.45, 2.75) is 25.1 Å². The molecule has 1 atom stereocenters. The lowest BCUT2D eigenvalue weighted by atomic mass is 10.0. The second kappa shape index (κ2) is 7.51. The molecule has 2 N–H and O–H groups in total. The van der Waals surface area contributed by atoms with Crippen LogP contribution in [0.15, 0.2) is 42.4 Å². The average molecular weight is 403 g/mol. The van der Waals surface area contributed by atoms with Gasteiger partial charge in [0, 0.05) is 28.9 Å². The predicted molar refractivity (Wildman–Crippen MR) is 106 cm³/mol. The number of phenols is 1. The largest absolute Gasteiger partial charge is 0.507 e. The number of likely N-dealkylation sites (N-methyl/N-ethyl adjacent to an activating group) is 1. The van der Waals surface area contributed by atoms with Crippen LogP contribution in [0, 0.1) is 0 Å². The highest BCUT2D eigenvalue weighted by molar-refractivity contribution is 6.00. The van der Waals surface area contributed by atoms with E-state index < -0.39 is 17.5 Å². The van der Waals surface area contributed by atoms with Gasteiger partial charge in [-0.2, -0.15) is 13.2 Å². The van der Waals surface area contributed by atoms with Gasteiger partial charge in [0.25, 0.3) is 0 Å². The van der Waals surface area contributed by atoms with E-state index in [0.29, 0.717) is 22.7 Å². The van der Waals surface area contributed by atoms with Gasteiger partial charge in [-0.25, -0.2) is 0 Å². The highest BCUT2D eigenvalue weighted by atomic mass is 19.4. The van der Waals surface area contributed by atoms with Crippen molar-refractivity contribution < 1.29 is 19.6 Å². The van der Waals surface area contributed by atoms with Crippen LogP contribution >= 0.6 is 0 Å². The van der Waals surface area contributed by atoms with Crippen LogP contribution in [-0.2, 0) is 6.18 Å². The zero-order valence-corrected chi connectivity index (χ0v) is 15.8. The van der Waals surface area contributed by atoms with E-state index in [9.17, 15) is 18.3 Å². The number of hydrogen-bond donors (Lipinski definition) is 2. The first-order valence-corrected chi connectivity index (χ1v) is 9.35. The summed E-state index contributed by atoms with van der Waals surface area (Å²) in [6.45, 7) is 1.89. The summed E-state index contributed by atoms with van der Waals surface area (Å²) in [5.74, 6) is -0.000425. The van der Waals surface area contributed by atoms with Crippen LogP contribution in [0.25, 0.3) is 22.0 Å². The smallest absolute Gasteiger partial charge is 0.416 e. The minimum atomic E-state index is -4.55. The Morgan fingerprint density at radius 2 is 2.03 bits per heavy atom. The monoisotopic (exact) mass is 403 g/mol. The van der Waals surface area contributed by atoms with Gasteiger partial charge in [0.05, 0.1) is 6.93 Å². The number of aromatic hydroxyl groups is 1. The molecule has 0 bridgehead atoms. The minimum absolute atomic E-state index is 0.155. The first kappa shape index (κ1) is 18.2. The van der Waals surface area contributed by atoms with Gasteiger partial charge < -0.3 is 15.3 Å². The number of halogens is 3. The Balaban J connectivity index is 1.78. The maximum Gasteiger partial charge on any atom is 0.416 e. The van der Waals surface area contributed by atoms with Gasteiger partial charge in [0.15, 0.2) is 5.82 Å². The van der Waals surface area contributed by atoms with Crippen molar-refractivity contribution >= 4 is 16.6 Å². The number of rotatable bonds is 3. The maximum absolute atomic E-state index is 12.9. The van der Waals surface area contributed by atoms with Crippen LogP contribution in [0.4, 0.5) is 19.0 Å². The summed E-state index contributed by atoms with van der Waals surface area (Å²) in [4.78, 5) is 2.22. The molecule has 2 aromatic carbocycles. The maximum atomic E-state index is 12.9. The highest BCUT2D eigenvalue weighted by Crippen LogP contribution is 2.38. The van der Waals surface area contributed by atoms with E-state index >= 15 is 0 Å². The van der Waals surface area contributed by atoms with Crippen molar-refractivity contribution in [3.8, 4) is 17.0 Å². The number of likely N-dealkylation sites (tertiary alicyclic amines) is 1. The van der Waals surface area contributed by atoms with Crippen LogP contribution in [0.5, 0.6) is 5.75 Å². The molecular formula is C21H21F3N4O. The molecule has 5 nitrogen and oxygen atoms in total. The number of piperidine rings is 1. The van der Waals surface area contributed by atoms with Gasteiger partial charge in [-0.15, -0.1) is 10.2 Å². The first-order chi connectivity index (χ1) is 14.2. The molecule has 8 heteroatoms. The Bertz CT molecular complexity index is 1090. The summed E-state index contributed by atoms with van der Waals surface area (Å²) in [5.41, 5.74) is -0.515. The Morgan fingerprint density at radius 3 is 2.76 bits per heavy atom. The molecule has 1 aliphatic rings. The Labute approximate surface area is 167 Å². The Hall–Kier alpha value is -2.87. The second-order valence-electron chi connectivity index (χ2n) is 7.34. The number of aromatic nitrogens is 2. The van der Waals surface area contributed by atoms with Crippen LogP contribution in [0.1, 0.15) is 19.8 Å². The van der Waals surface area contributed by atoms with E-state index in [1.165, 1.54) is 6.07 Å². The Morgan fingerprint density at radius 1 is 1.21 bits per heavy atom. The summed E-state index contributed by atoms with van der Waals surface area (Å²) < 4.78 is 46.8. The third kappa shape index (κ3) is 3.98. The third-order valence-corrected chi connectivity index (χ3v) is 5.17. The number of nitrogens with zero attached hydrogens (tertiary/aromatic N) is 3. The molecule has 0 saturated carbocycles. The summed E-state index contributed by atoms with van der Waals surface area (Å²) >= 11 is 0. The van der Waals surface area contributed by atoms with Gasteiger partial charge in [-0.1, -0.05) is 24.2 Å². The number of fused-ring (bicyclic) bond motifs is 1. The van der Waals surface area contributed by atoms with E-state index in [1.807, 2.05) is 0 Å². The fourth-order valence-electron chi connectivity index (χ4n) is 3.73. The molecule has 1 unspecified atom stereocenters. The van der Waals surface area contributed by atoms with Gasteiger partial charge in [-0.05, 0) is 44.6 Å². The summed E-state index contributed by atoms with van der Waals surface area (Å²) in [6.07, 6.45) is -2.51. The fraction of sp³-hybridized carbons (Fsp3) is 0.333. The van der Waals surface area contributed by atoms with Crippen molar-refractivity contribution in [2.75, 3.05) is 25.5 Å². The number of phenolic OH excluding ortho intramolecular Hbond substituents is 1.